The maximum atomic E-state index is 13.5. The molecule has 1 heterocycles. The summed E-state index contributed by atoms with van der Waals surface area (Å²) in [6.07, 6.45) is 1.08. The summed E-state index contributed by atoms with van der Waals surface area (Å²) in [5, 5.41) is 3.36. The highest BCUT2D eigenvalue weighted by Gasteiger charge is 2.44. The number of nitrogens with one attached hydrogen (secondary N) is 1. The van der Waals surface area contributed by atoms with Crippen LogP contribution in [0.5, 0.6) is 17.2 Å². The van der Waals surface area contributed by atoms with Crippen LogP contribution >= 0.6 is 15.9 Å². The molecule has 0 spiro atoms. The van der Waals surface area contributed by atoms with E-state index >= 15 is 0 Å². The molecule has 0 saturated heterocycles. The summed E-state index contributed by atoms with van der Waals surface area (Å²) in [6, 6.07) is 12.9. The fraction of sp³-hybridized carbons (Fsp3) is 0.379. The van der Waals surface area contributed by atoms with Gasteiger partial charge in [0.05, 0.1) is 19.8 Å². The minimum atomic E-state index is -0.628. The van der Waals surface area contributed by atoms with Gasteiger partial charge in [-0.2, -0.15) is 0 Å². The Balaban J connectivity index is 1.70. The molecule has 8 heteroatoms. The number of halogens is 1. The molecule has 2 aliphatic rings. The Morgan fingerprint density at radius 1 is 1.05 bits per heavy atom. The number of rotatable bonds is 8. The van der Waals surface area contributed by atoms with E-state index in [1.807, 2.05) is 43.3 Å². The normalized spacial score (nSPS) is 18.6. The Bertz CT molecular complexity index is 1260. The average Bonchev–Trinajstić information content (AvgIpc) is 2.85. The molecule has 0 bridgehead atoms. The lowest BCUT2D eigenvalue weighted by atomic mass is 9.68. The molecule has 1 aliphatic carbocycles. The topological polar surface area (TPSA) is 83.1 Å². The van der Waals surface area contributed by atoms with Crippen LogP contribution in [0.3, 0.4) is 0 Å². The summed E-state index contributed by atoms with van der Waals surface area (Å²) in [5.41, 5.74) is 3.02. The van der Waals surface area contributed by atoms with Crippen LogP contribution in [-0.4, -0.2) is 39.2 Å². The van der Waals surface area contributed by atoms with Gasteiger partial charge in [0.2, 0.25) is 0 Å². The molecule has 2 aromatic rings. The Labute approximate surface area is 225 Å². The standard InChI is InChI=1S/C29H32BrNO6/c1-17-25(28(33)37-12-11-36-18-9-7-6-8-10-18)26(19-13-23(34-4)24(35-5)14-20(19)30)27-21(31-17)15-29(2,3)16-22(27)32/h6-10,13-14,26,31H,11-12,15-16H2,1-5H3/t26-/m0/s1. The van der Waals surface area contributed by atoms with Crippen molar-refractivity contribution < 1.29 is 28.5 Å². The molecule has 4 rings (SSSR count). The summed E-state index contributed by atoms with van der Waals surface area (Å²) in [7, 11) is 3.12. The second-order valence-corrected chi connectivity index (χ2v) is 10.8. The molecule has 0 saturated carbocycles. The predicted molar refractivity (Wildman–Crippen MR) is 144 cm³/mol. The van der Waals surface area contributed by atoms with E-state index in [2.05, 4.69) is 35.1 Å². The van der Waals surface area contributed by atoms with E-state index < -0.39 is 11.9 Å². The summed E-state index contributed by atoms with van der Waals surface area (Å²) >= 11 is 3.65. The molecule has 0 unspecified atom stereocenters. The lowest BCUT2D eigenvalue weighted by molar-refractivity contribution is -0.140. The third-order valence-corrected chi connectivity index (χ3v) is 7.29. The van der Waals surface area contributed by atoms with E-state index in [1.165, 1.54) is 0 Å². The van der Waals surface area contributed by atoms with Gasteiger partial charge in [-0.05, 0) is 48.6 Å². The van der Waals surface area contributed by atoms with Crippen molar-refractivity contribution in [3.8, 4) is 17.2 Å². The molecule has 2 aromatic carbocycles. The van der Waals surface area contributed by atoms with Crippen molar-refractivity contribution >= 4 is 27.7 Å². The highest BCUT2D eigenvalue weighted by atomic mass is 79.9. The van der Waals surface area contributed by atoms with E-state index in [-0.39, 0.29) is 24.4 Å². The second-order valence-electron chi connectivity index (χ2n) is 9.96. The van der Waals surface area contributed by atoms with Crippen molar-refractivity contribution in [2.24, 2.45) is 5.41 Å². The predicted octanol–water partition coefficient (Wildman–Crippen LogP) is 5.69. The molecule has 0 fully saturated rings. The fourth-order valence-corrected chi connectivity index (χ4v) is 5.55. The molecule has 0 amide bonds. The Kier molecular flexibility index (Phi) is 7.97. The molecule has 1 N–H and O–H groups in total. The first-order valence-corrected chi connectivity index (χ1v) is 12.9. The van der Waals surface area contributed by atoms with Gasteiger partial charge >= 0.3 is 5.97 Å². The van der Waals surface area contributed by atoms with Gasteiger partial charge in [-0.15, -0.1) is 0 Å². The van der Waals surface area contributed by atoms with Crippen LogP contribution in [0.15, 0.2) is 69.5 Å². The molecule has 7 nitrogen and oxygen atoms in total. The van der Waals surface area contributed by atoms with Gasteiger partial charge in [0.15, 0.2) is 17.3 Å². The lowest BCUT2D eigenvalue weighted by Gasteiger charge is -2.39. The van der Waals surface area contributed by atoms with Crippen LogP contribution in [0.2, 0.25) is 0 Å². The first-order valence-electron chi connectivity index (χ1n) is 12.2. The number of ether oxygens (including phenoxy) is 4. The monoisotopic (exact) mass is 569 g/mol. The summed E-state index contributed by atoms with van der Waals surface area (Å²) in [5.74, 6) is 0.627. The van der Waals surface area contributed by atoms with Crippen molar-refractivity contribution in [2.45, 2.75) is 39.5 Å². The summed E-state index contributed by atoms with van der Waals surface area (Å²) < 4.78 is 23.0. The third kappa shape index (κ3) is 5.69. The molecular weight excluding hydrogens is 538 g/mol. The first kappa shape index (κ1) is 26.8. The largest absolute Gasteiger partial charge is 0.493 e. The van der Waals surface area contributed by atoms with E-state index in [4.69, 9.17) is 18.9 Å². The highest BCUT2D eigenvalue weighted by Crippen LogP contribution is 2.49. The number of dihydropyridines is 1. The minimum absolute atomic E-state index is 0.00986. The number of ketones is 1. The van der Waals surface area contributed by atoms with Crippen LogP contribution < -0.4 is 19.5 Å². The average molecular weight is 570 g/mol. The lowest BCUT2D eigenvalue weighted by Crippen LogP contribution is -2.39. The number of benzene rings is 2. The molecule has 37 heavy (non-hydrogen) atoms. The number of methoxy groups -OCH3 is 2. The highest BCUT2D eigenvalue weighted by molar-refractivity contribution is 9.10. The maximum absolute atomic E-state index is 13.5. The zero-order chi connectivity index (χ0) is 26.7. The van der Waals surface area contributed by atoms with Gasteiger partial charge in [-0.3, -0.25) is 4.79 Å². The number of Topliss-reactive ketones (excluding diaryl/α,β-unsaturated/α-hetero) is 1. The van der Waals surface area contributed by atoms with Crippen molar-refractivity contribution in [3.05, 3.63) is 75.0 Å². The maximum Gasteiger partial charge on any atom is 0.336 e. The number of hydrogen-bond donors (Lipinski definition) is 1. The minimum Gasteiger partial charge on any atom is -0.493 e. The molecule has 1 aliphatic heterocycles. The Hall–Kier alpha value is -3.26. The Morgan fingerprint density at radius 3 is 2.41 bits per heavy atom. The van der Waals surface area contributed by atoms with Gasteiger partial charge in [-0.1, -0.05) is 48.0 Å². The van der Waals surface area contributed by atoms with Crippen LogP contribution in [0.25, 0.3) is 0 Å². The van der Waals surface area contributed by atoms with E-state index in [0.29, 0.717) is 51.4 Å². The van der Waals surface area contributed by atoms with Crippen molar-refractivity contribution in [3.63, 3.8) is 0 Å². The number of carbonyl (C=O) groups is 2. The first-order chi connectivity index (χ1) is 17.6. The van der Waals surface area contributed by atoms with Crippen molar-refractivity contribution in [2.75, 3.05) is 27.4 Å². The van der Waals surface area contributed by atoms with Crippen molar-refractivity contribution in [1.82, 2.24) is 5.32 Å². The quantitative estimate of drug-likeness (QED) is 0.323. The van der Waals surface area contributed by atoms with Gasteiger partial charge in [0, 0.05) is 33.8 Å². The number of allylic oxidation sites excluding steroid dienone is 3. The van der Waals surface area contributed by atoms with Gasteiger partial charge in [0.25, 0.3) is 0 Å². The van der Waals surface area contributed by atoms with E-state index in [0.717, 1.165) is 11.3 Å². The number of esters is 1. The van der Waals surface area contributed by atoms with Crippen LogP contribution in [0.4, 0.5) is 0 Å². The van der Waals surface area contributed by atoms with Crippen LogP contribution in [0, 0.1) is 5.41 Å². The van der Waals surface area contributed by atoms with Gasteiger partial charge < -0.3 is 24.3 Å². The summed E-state index contributed by atoms with van der Waals surface area (Å²) in [6.45, 7) is 6.27. The Morgan fingerprint density at radius 2 is 1.73 bits per heavy atom. The van der Waals surface area contributed by atoms with Crippen LogP contribution in [0.1, 0.15) is 45.1 Å². The van der Waals surface area contributed by atoms with E-state index in [9.17, 15) is 9.59 Å². The number of hydrogen-bond acceptors (Lipinski definition) is 7. The molecular formula is C29H32BrNO6. The number of carbonyl (C=O) groups excluding carboxylic acids is 2. The summed E-state index contributed by atoms with van der Waals surface area (Å²) in [4.78, 5) is 27.1. The molecule has 196 valence electrons. The van der Waals surface area contributed by atoms with Gasteiger partial charge in [0.1, 0.15) is 19.0 Å². The SMILES string of the molecule is COc1cc(Br)c([C@H]2C(C(=O)OCCOc3ccccc3)=C(C)NC3=C2C(=O)CC(C)(C)C3)cc1OC. The zero-order valence-electron chi connectivity index (χ0n) is 21.8. The second kappa shape index (κ2) is 11.0. The van der Waals surface area contributed by atoms with Crippen LogP contribution in [-0.2, 0) is 14.3 Å². The third-order valence-electron chi connectivity index (χ3n) is 6.60. The molecule has 0 aromatic heterocycles. The zero-order valence-corrected chi connectivity index (χ0v) is 23.4. The van der Waals surface area contributed by atoms with Crippen molar-refractivity contribution in [1.29, 1.82) is 0 Å². The molecule has 1 atom stereocenters. The fourth-order valence-electron chi connectivity index (χ4n) is 5.00. The number of para-hydroxylation sites is 1. The molecule has 0 radical (unpaired) electrons. The van der Waals surface area contributed by atoms with E-state index in [1.54, 1.807) is 20.3 Å². The smallest absolute Gasteiger partial charge is 0.336 e. The van der Waals surface area contributed by atoms with Gasteiger partial charge in [-0.25, -0.2) is 4.79 Å².